The van der Waals surface area contributed by atoms with Gasteiger partial charge in [-0.25, -0.2) is 0 Å². The van der Waals surface area contributed by atoms with Gasteiger partial charge in [-0.2, -0.15) is 0 Å². The van der Waals surface area contributed by atoms with Crippen molar-refractivity contribution >= 4 is 5.97 Å². The molecule has 1 N–H and O–H groups in total. The first kappa shape index (κ1) is 15.7. The number of esters is 1. The van der Waals surface area contributed by atoms with Crippen LogP contribution in [0, 0.1) is 0 Å². The van der Waals surface area contributed by atoms with E-state index in [9.17, 15) is 4.79 Å². The van der Waals surface area contributed by atoms with Gasteiger partial charge in [0, 0.05) is 19.0 Å². The number of hydrogen-bond acceptors (Lipinski definition) is 3. The SMILES string of the molecule is CC(=O)OCC(C)(C)NCc1ccc(C(C)C)cc1. The van der Waals surface area contributed by atoms with Crippen LogP contribution in [0.4, 0.5) is 0 Å². The molecule has 1 aromatic carbocycles. The molecule has 0 aliphatic heterocycles. The van der Waals surface area contributed by atoms with E-state index in [1.807, 2.05) is 13.8 Å². The maximum Gasteiger partial charge on any atom is 0.302 e. The molecule has 0 saturated heterocycles. The van der Waals surface area contributed by atoms with E-state index in [2.05, 4.69) is 43.4 Å². The highest BCUT2D eigenvalue weighted by Crippen LogP contribution is 2.15. The van der Waals surface area contributed by atoms with E-state index in [0.29, 0.717) is 12.5 Å². The van der Waals surface area contributed by atoms with Gasteiger partial charge < -0.3 is 10.1 Å². The molecule has 0 radical (unpaired) electrons. The summed E-state index contributed by atoms with van der Waals surface area (Å²) in [6, 6.07) is 8.62. The summed E-state index contributed by atoms with van der Waals surface area (Å²) in [5, 5.41) is 3.40. The summed E-state index contributed by atoms with van der Waals surface area (Å²) in [6.45, 7) is 11.0. The molecule has 0 amide bonds. The van der Waals surface area contributed by atoms with Gasteiger partial charge in [-0.1, -0.05) is 38.1 Å². The van der Waals surface area contributed by atoms with Crippen LogP contribution in [0.5, 0.6) is 0 Å². The van der Waals surface area contributed by atoms with Crippen molar-refractivity contribution < 1.29 is 9.53 Å². The van der Waals surface area contributed by atoms with Gasteiger partial charge in [0.2, 0.25) is 0 Å². The third-order valence-electron chi connectivity index (χ3n) is 3.05. The molecule has 3 heteroatoms. The first-order valence-corrected chi connectivity index (χ1v) is 6.77. The maximum atomic E-state index is 10.8. The number of nitrogens with one attached hydrogen (secondary N) is 1. The maximum absolute atomic E-state index is 10.8. The van der Waals surface area contributed by atoms with Gasteiger partial charge >= 0.3 is 5.97 Å². The van der Waals surface area contributed by atoms with Gasteiger partial charge in [0.15, 0.2) is 0 Å². The van der Waals surface area contributed by atoms with E-state index in [1.54, 1.807) is 0 Å². The van der Waals surface area contributed by atoms with Crippen molar-refractivity contribution in [2.24, 2.45) is 0 Å². The molecule has 19 heavy (non-hydrogen) atoms. The fourth-order valence-electron chi connectivity index (χ4n) is 1.69. The predicted octanol–water partition coefficient (Wildman–Crippen LogP) is 3.24. The molecular weight excluding hydrogens is 238 g/mol. The fraction of sp³-hybridized carbons (Fsp3) is 0.562. The molecule has 0 unspecified atom stereocenters. The Morgan fingerprint density at radius 2 is 1.84 bits per heavy atom. The number of benzene rings is 1. The zero-order valence-corrected chi connectivity index (χ0v) is 12.6. The summed E-state index contributed by atoms with van der Waals surface area (Å²) in [5.41, 5.74) is 2.37. The van der Waals surface area contributed by atoms with Crippen LogP contribution in [-0.2, 0) is 16.1 Å². The van der Waals surface area contributed by atoms with Gasteiger partial charge in [0.1, 0.15) is 6.61 Å². The molecule has 0 aliphatic carbocycles. The van der Waals surface area contributed by atoms with Crippen molar-refractivity contribution in [3.63, 3.8) is 0 Å². The first-order valence-electron chi connectivity index (χ1n) is 6.77. The molecule has 0 heterocycles. The number of ether oxygens (including phenoxy) is 1. The summed E-state index contributed by atoms with van der Waals surface area (Å²) in [6.07, 6.45) is 0. The minimum Gasteiger partial charge on any atom is -0.464 e. The van der Waals surface area contributed by atoms with Gasteiger partial charge in [0.25, 0.3) is 0 Å². The van der Waals surface area contributed by atoms with Gasteiger partial charge in [-0.15, -0.1) is 0 Å². The lowest BCUT2D eigenvalue weighted by Gasteiger charge is -2.25. The minimum atomic E-state index is -0.240. The molecule has 0 atom stereocenters. The predicted molar refractivity (Wildman–Crippen MR) is 78.1 cm³/mol. The summed E-state index contributed by atoms with van der Waals surface area (Å²) in [5.74, 6) is 0.318. The second-order valence-corrected chi connectivity index (χ2v) is 5.91. The van der Waals surface area contributed by atoms with E-state index in [1.165, 1.54) is 18.1 Å². The Bertz CT molecular complexity index is 407. The van der Waals surface area contributed by atoms with E-state index in [-0.39, 0.29) is 11.5 Å². The second kappa shape index (κ2) is 6.71. The van der Waals surface area contributed by atoms with Crippen molar-refractivity contribution in [1.82, 2.24) is 5.32 Å². The number of carbonyl (C=O) groups excluding carboxylic acids is 1. The van der Waals surface area contributed by atoms with Crippen molar-refractivity contribution in [2.75, 3.05) is 6.61 Å². The zero-order chi connectivity index (χ0) is 14.5. The van der Waals surface area contributed by atoms with Crippen LogP contribution >= 0.6 is 0 Å². The minimum absolute atomic E-state index is 0.220. The molecule has 0 aliphatic rings. The normalized spacial score (nSPS) is 11.7. The monoisotopic (exact) mass is 263 g/mol. The Morgan fingerprint density at radius 3 is 2.32 bits per heavy atom. The van der Waals surface area contributed by atoms with Crippen molar-refractivity contribution in [3.8, 4) is 0 Å². The van der Waals surface area contributed by atoms with E-state index in [4.69, 9.17) is 4.74 Å². The highest BCUT2D eigenvalue weighted by atomic mass is 16.5. The molecular formula is C16H25NO2. The molecule has 0 aromatic heterocycles. The van der Waals surface area contributed by atoms with E-state index in [0.717, 1.165) is 6.54 Å². The van der Waals surface area contributed by atoms with Crippen LogP contribution in [-0.4, -0.2) is 18.1 Å². The number of carbonyl (C=O) groups is 1. The largest absolute Gasteiger partial charge is 0.464 e. The average Bonchev–Trinajstić information content (AvgIpc) is 2.35. The molecule has 106 valence electrons. The topological polar surface area (TPSA) is 38.3 Å². The molecule has 0 saturated carbocycles. The molecule has 1 aromatic rings. The second-order valence-electron chi connectivity index (χ2n) is 5.91. The van der Waals surface area contributed by atoms with E-state index >= 15 is 0 Å². The third-order valence-corrected chi connectivity index (χ3v) is 3.05. The standard InChI is InChI=1S/C16H25NO2/c1-12(2)15-8-6-14(7-9-15)10-17-16(4,5)11-19-13(3)18/h6-9,12,17H,10-11H2,1-5H3. The Kier molecular flexibility index (Phi) is 5.55. The molecule has 0 bridgehead atoms. The van der Waals surface area contributed by atoms with Gasteiger partial charge in [-0.3, -0.25) is 4.79 Å². The Balaban J connectivity index is 2.49. The van der Waals surface area contributed by atoms with Crippen LogP contribution in [0.3, 0.4) is 0 Å². The number of rotatable bonds is 6. The van der Waals surface area contributed by atoms with Crippen molar-refractivity contribution in [2.45, 2.75) is 52.6 Å². The molecule has 3 nitrogen and oxygen atoms in total. The summed E-state index contributed by atoms with van der Waals surface area (Å²) in [7, 11) is 0. The van der Waals surface area contributed by atoms with Crippen LogP contribution < -0.4 is 5.32 Å². The van der Waals surface area contributed by atoms with Crippen LogP contribution in [0.25, 0.3) is 0 Å². The van der Waals surface area contributed by atoms with Crippen LogP contribution in [0.1, 0.15) is 51.7 Å². The average molecular weight is 263 g/mol. The molecule has 0 fully saturated rings. The smallest absolute Gasteiger partial charge is 0.302 e. The summed E-state index contributed by atoms with van der Waals surface area (Å²) >= 11 is 0. The van der Waals surface area contributed by atoms with E-state index < -0.39 is 0 Å². The van der Waals surface area contributed by atoms with Gasteiger partial charge in [-0.05, 0) is 30.9 Å². The van der Waals surface area contributed by atoms with Crippen LogP contribution in [0.15, 0.2) is 24.3 Å². The highest BCUT2D eigenvalue weighted by molar-refractivity contribution is 5.65. The summed E-state index contributed by atoms with van der Waals surface area (Å²) in [4.78, 5) is 10.8. The fourth-order valence-corrected chi connectivity index (χ4v) is 1.69. The Hall–Kier alpha value is -1.35. The lowest BCUT2D eigenvalue weighted by molar-refractivity contribution is -0.142. The molecule has 0 spiro atoms. The lowest BCUT2D eigenvalue weighted by atomic mass is 10.0. The zero-order valence-electron chi connectivity index (χ0n) is 12.6. The quantitative estimate of drug-likeness (QED) is 0.801. The van der Waals surface area contributed by atoms with Crippen LogP contribution in [0.2, 0.25) is 0 Å². The molecule has 1 rings (SSSR count). The van der Waals surface area contributed by atoms with Crippen molar-refractivity contribution in [3.05, 3.63) is 35.4 Å². The summed E-state index contributed by atoms with van der Waals surface area (Å²) < 4.78 is 5.04. The first-order chi connectivity index (χ1) is 8.80. The Labute approximate surface area is 116 Å². The van der Waals surface area contributed by atoms with Gasteiger partial charge in [0.05, 0.1) is 0 Å². The number of hydrogen-bond donors (Lipinski definition) is 1. The van der Waals surface area contributed by atoms with Crippen molar-refractivity contribution in [1.29, 1.82) is 0 Å². The Morgan fingerprint density at radius 1 is 1.26 bits per heavy atom. The highest BCUT2D eigenvalue weighted by Gasteiger charge is 2.18. The lowest BCUT2D eigenvalue weighted by Crippen LogP contribution is -2.43. The third kappa shape index (κ3) is 5.88.